The second kappa shape index (κ2) is 7.19. The number of ether oxygens (including phenoxy) is 1. The number of anilines is 2. The van der Waals surface area contributed by atoms with Gasteiger partial charge in [0.25, 0.3) is 0 Å². The molecule has 2 N–H and O–H groups in total. The summed E-state index contributed by atoms with van der Waals surface area (Å²) in [6, 6.07) is 18.1. The van der Waals surface area contributed by atoms with Gasteiger partial charge in [0.05, 0.1) is 36.0 Å². The van der Waals surface area contributed by atoms with E-state index in [1.807, 2.05) is 24.3 Å². The number of hydrogen-bond acceptors (Lipinski definition) is 5. The molecule has 2 aliphatic heterocycles. The zero-order chi connectivity index (χ0) is 21.0. The van der Waals surface area contributed by atoms with E-state index in [0.717, 1.165) is 36.0 Å². The van der Waals surface area contributed by atoms with E-state index in [0.29, 0.717) is 18.8 Å². The van der Waals surface area contributed by atoms with Crippen LogP contribution in [0.2, 0.25) is 0 Å². The number of rotatable bonds is 5. The van der Waals surface area contributed by atoms with Crippen LogP contribution in [0.4, 0.5) is 11.5 Å². The molecule has 3 aliphatic rings. The standard InChI is InChI=1S/C23H24N4O3S/c28-31(29,27-13-19-12-18(27)14-30-19)26-17-7-9-21-16(11-17)6-10-23(24-21)25-22-8-5-15-3-1-2-4-20(15)22/h1-4,6-7,9-11,18-19,22,26H,5,8,12-14H2,(H,24,25)/t18-,19+,22+/m0/s1. The van der Waals surface area contributed by atoms with Crippen molar-refractivity contribution in [3.63, 3.8) is 0 Å². The van der Waals surface area contributed by atoms with Crippen LogP contribution < -0.4 is 10.0 Å². The lowest BCUT2D eigenvalue weighted by Crippen LogP contribution is -2.44. The van der Waals surface area contributed by atoms with Crippen LogP contribution in [0.5, 0.6) is 0 Å². The van der Waals surface area contributed by atoms with Gasteiger partial charge in [0, 0.05) is 11.9 Å². The minimum Gasteiger partial charge on any atom is -0.375 e. The third-order valence-electron chi connectivity index (χ3n) is 6.55. The minimum atomic E-state index is -3.59. The summed E-state index contributed by atoms with van der Waals surface area (Å²) >= 11 is 0. The smallest absolute Gasteiger partial charge is 0.302 e. The Balaban J connectivity index is 1.20. The largest absolute Gasteiger partial charge is 0.375 e. The van der Waals surface area contributed by atoms with E-state index in [-0.39, 0.29) is 18.2 Å². The predicted molar refractivity (Wildman–Crippen MR) is 120 cm³/mol. The average molecular weight is 437 g/mol. The van der Waals surface area contributed by atoms with Crippen molar-refractivity contribution < 1.29 is 13.2 Å². The maximum absolute atomic E-state index is 12.8. The maximum Gasteiger partial charge on any atom is 0.302 e. The lowest BCUT2D eigenvalue weighted by atomic mass is 10.1. The van der Waals surface area contributed by atoms with E-state index in [4.69, 9.17) is 9.72 Å². The van der Waals surface area contributed by atoms with Crippen LogP contribution in [0.3, 0.4) is 0 Å². The van der Waals surface area contributed by atoms with Gasteiger partial charge in [-0.1, -0.05) is 24.3 Å². The van der Waals surface area contributed by atoms with Gasteiger partial charge in [-0.2, -0.15) is 12.7 Å². The van der Waals surface area contributed by atoms with Crippen molar-refractivity contribution in [1.82, 2.24) is 9.29 Å². The first-order valence-corrected chi connectivity index (χ1v) is 12.2. The molecule has 8 heteroatoms. The first-order chi connectivity index (χ1) is 15.0. The maximum atomic E-state index is 12.8. The van der Waals surface area contributed by atoms with Crippen molar-refractivity contribution in [2.24, 2.45) is 0 Å². The number of pyridine rings is 1. The molecule has 0 unspecified atom stereocenters. The molecule has 160 valence electrons. The van der Waals surface area contributed by atoms with E-state index in [9.17, 15) is 8.42 Å². The number of benzene rings is 2. The SMILES string of the molecule is O=S(=O)(Nc1ccc2nc(N[C@@H]3CCc4ccccc43)ccc2c1)N1C[C@H]2C[C@H]1CO2. The highest BCUT2D eigenvalue weighted by atomic mass is 32.2. The topological polar surface area (TPSA) is 83.6 Å². The molecule has 6 rings (SSSR count). The highest BCUT2D eigenvalue weighted by molar-refractivity contribution is 7.90. The zero-order valence-corrected chi connectivity index (χ0v) is 17.8. The summed E-state index contributed by atoms with van der Waals surface area (Å²) in [6.07, 6.45) is 2.95. The molecular formula is C23H24N4O3S. The fourth-order valence-electron chi connectivity index (χ4n) is 5.02. The lowest BCUT2D eigenvalue weighted by Gasteiger charge is -2.26. The second-order valence-electron chi connectivity index (χ2n) is 8.56. The van der Waals surface area contributed by atoms with Crippen molar-refractivity contribution >= 4 is 32.6 Å². The Bertz CT molecular complexity index is 1260. The van der Waals surface area contributed by atoms with Gasteiger partial charge in [-0.3, -0.25) is 4.72 Å². The van der Waals surface area contributed by atoms with E-state index in [2.05, 4.69) is 34.3 Å². The first kappa shape index (κ1) is 19.0. The van der Waals surface area contributed by atoms with Gasteiger partial charge in [-0.25, -0.2) is 4.98 Å². The number of fused-ring (bicyclic) bond motifs is 4. The summed E-state index contributed by atoms with van der Waals surface area (Å²) in [5.74, 6) is 0.829. The summed E-state index contributed by atoms with van der Waals surface area (Å²) in [6.45, 7) is 0.906. The Morgan fingerprint density at radius 2 is 2.00 bits per heavy atom. The van der Waals surface area contributed by atoms with Gasteiger partial charge in [0.1, 0.15) is 5.82 Å². The van der Waals surface area contributed by atoms with Crippen LogP contribution in [0.1, 0.15) is 30.0 Å². The molecule has 2 bridgehead atoms. The molecule has 2 aromatic carbocycles. The molecule has 31 heavy (non-hydrogen) atoms. The van der Waals surface area contributed by atoms with Crippen LogP contribution in [-0.2, 0) is 21.4 Å². The molecule has 3 aromatic rings. The first-order valence-electron chi connectivity index (χ1n) is 10.7. The molecule has 0 amide bonds. The van der Waals surface area contributed by atoms with Crippen molar-refractivity contribution in [1.29, 1.82) is 0 Å². The summed E-state index contributed by atoms with van der Waals surface area (Å²) < 4.78 is 35.4. The van der Waals surface area contributed by atoms with E-state index >= 15 is 0 Å². The quantitative estimate of drug-likeness (QED) is 0.640. The van der Waals surface area contributed by atoms with Gasteiger partial charge < -0.3 is 10.1 Å². The molecule has 0 saturated carbocycles. The van der Waals surface area contributed by atoms with Crippen LogP contribution in [0.15, 0.2) is 54.6 Å². The fourth-order valence-corrected chi connectivity index (χ4v) is 6.47. The van der Waals surface area contributed by atoms with E-state index < -0.39 is 10.2 Å². The molecule has 2 fully saturated rings. The highest BCUT2D eigenvalue weighted by Gasteiger charge is 2.45. The van der Waals surface area contributed by atoms with Crippen LogP contribution in [0, 0.1) is 0 Å². The van der Waals surface area contributed by atoms with Crippen LogP contribution in [0.25, 0.3) is 10.9 Å². The number of aromatic nitrogens is 1. The Morgan fingerprint density at radius 1 is 1.10 bits per heavy atom. The third-order valence-corrected chi connectivity index (χ3v) is 8.11. The fraction of sp³-hybridized carbons (Fsp3) is 0.348. The van der Waals surface area contributed by atoms with Crippen molar-refractivity contribution in [3.05, 3.63) is 65.7 Å². The summed E-state index contributed by atoms with van der Waals surface area (Å²) in [5.41, 5.74) is 4.11. The monoisotopic (exact) mass is 436 g/mol. The number of morpholine rings is 1. The molecular weight excluding hydrogens is 412 g/mol. The number of aryl methyl sites for hydroxylation is 1. The molecule has 3 heterocycles. The van der Waals surface area contributed by atoms with Crippen molar-refractivity contribution in [2.45, 2.75) is 37.5 Å². The van der Waals surface area contributed by atoms with Crippen molar-refractivity contribution in [2.75, 3.05) is 23.2 Å². The zero-order valence-electron chi connectivity index (χ0n) is 17.0. The molecule has 1 aromatic heterocycles. The van der Waals surface area contributed by atoms with E-state index in [1.165, 1.54) is 15.4 Å². The molecule has 0 radical (unpaired) electrons. The summed E-state index contributed by atoms with van der Waals surface area (Å²) in [5, 5.41) is 4.45. The van der Waals surface area contributed by atoms with Gasteiger partial charge in [-0.15, -0.1) is 0 Å². The molecule has 1 aliphatic carbocycles. The number of nitrogens with zero attached hydrogens (tertiary/aromatic N) is 2. The second-order valence-corrected chi connectivity index (χ2v) is 10.2. The predicted octanol–water partition coefficient (Wildman–Crippen LogP) is 3.46. The van der Waals surface area contributed by atoms with Gasteiger partial charge in [0.15, 0.2) is 0 Å². The molecule has 2 saturated heterocycles. The van der Waals surface area contributed by atoms with E-state index in [1.54, 1.807) is 6.07 Å². The molecule has 7 nitrogen and oxygen atoms in total. The van der Waals surface area contributed by atoms with Gasteiger partial charge in [0.2, 0.25) is 0 Å². The van der Waals surface area contributed by atoms with Gasteiger partial charge in [-0.05, 0) is 60.7 Å². The number of hydrogen-bond donors (Lipinski definition) is 2. The normalized spacial score (nSPS) is 25.1. The van der Waals surface area contributed by atoms with Crippen molar-refractivity contribution in [3.8, 4) is 0 Å². The van der Waals surface area contributed by atoms with Gasteiger partial charge >= 0.3 is 10.2 Å². The highest BCUT2D eigenvalue weighted by Crippen LogP contribution is 2.34. The number of nitrogens with one attached hydrogen (secondary N) is 2. The Hall–Kier alpha value is -2.68. The lowest BCUT2D eigenvalue weighted by molar-refractivity contribution is 0.0611. The Labute approximate surface area is 181 Å². The van der Waals surface area contributed by atoms with Crippen LogP contribution in [-0.4, -0.2) is 43.0 Å². The summed E-state index contributed by atoms with van der Waals surface area (Å²) in [4.78, 5) is 4.74. The van der Waals surface area contributed by atoms with Crippen LogP contribution >= 0.6 is 0 Å². The molecule has 0 spiro atoms. The Kier molecular flexibility index (Phi) is 4.41. The Morgan fingerprint density at radius 3 is 2.84 bits per heavy atom. The summed E-state index contributed by atoms with van der Waals surface area (Å²) in [7, 11) is -3.59. The minimum absolute atomic E-state index is 0.0279. The third kappa shape index (κ3) is 3.44. The average Bonchev–Trinajstić information content (AvgIpc) is 3.50. The molecule has 3 atom stereocenters.